The Morgan fingerprint density at radius 3 is 2.17 bits per heavy atom. The highest BCUT2D eigenvalue weighted by atomic mass is 16.4. The van der Waals surface area contributed by atoms with E-state index in [2.05, 4.69) is 0 Å². The lowest BCUT2D eigenvalue weighted by atomic mass is 9.92. The lowest BCUT2D eigenvalue weighted by Gasteiger charge is -2.12. The first-order valence-electron chi connectivity index (χ1n) is 5.72. The summed E-state index contributed by atoms with van der Waals surface area (Å²) in [5.41, 5.74) is 1.68. The molecule has 2 aromatic carbocycles. The zero-order chi connectivity index (χ0) is 13.0. The molecule has 3 heteroatoms. The van der Waals surface area contributed by atoms with Gasteiger partial charge in [-0.3, -0.25) is 4.79 Å². The van der Waals surface area contributed by atoms with Gasteiger partial charge < -0.3 is 10.2 Å². The quantitative estimate of drug-likeness (QED) is 0.866. The minimum atomic E-state index is -0.857. The van der Waals surface area contributed by atoms with E-state index in [1.54, 1.807) is 12.1 Å². The molecule has 0 saturated carbocycles. The van der Waals surface area contributed by atoms with Crippen LogP contribution in [0.5, 0.6) is 5.75 Å². The second-order valence-electron chi connectivity index (χ2n) is 4.17. The molecular formula is C15H14O3. The van der Waals surface area contributed by atoms with E-state index in [4.69, 9.17) is 0 Å². The molecule has 0 fully saturated rings. The van der Waals surface area contributed by atoms with E-state index < -0.39 is 11.9 Å². The van der Waals surface area contributed by atoms with Crippen LogP contribution in [0.3, 0.4) is 0 Å². The van der Waals surface area contributed by atoms with Crippen LogP contribution in [0.4, 0.5) is 0 Å². The Balaban J connectivity index is 2.24. The van der Waals surface area contributed by atoms with E-state index in [1.165, 1.54) is 12.1 Å². The average Bonchev–Trinajstić information content (AvgIpc) is 2.38. The average molecular weight is 242 g/mol. The van der Waals surface area contributed by atoms with Crippen molar-refractivity contribution in [1.82, 2.24) is 0 Å². The van der Waals surface area contributed by atoms with E-state index in [-0.39, 0.29) is 5.75 Å². The molecule has 0 radical (unpaired) electrons. The lowest BCUT2D eigenvalue weighted by molar-refractivity contribution is -0.138. The van der Waals surface area contributed by atoms with Gasteiger partial charge in [0, 0.05) is 0 Å². The Morgan fingerprint density at radius 2 is 1.61 bits per heavy atom. The van der Waals surface area contributed by atoms with Crippen LogP contribution in [-0.4, -0.2) is 16.2 Å². The van der Waals surface area contributed by atoms with Gasteiger partial charge in [-0.05, 0) is 29.7 Å². The highest BCUT2D eigenvalue weighted by molar-refractivity contribution is 5.76. The first-order chi connectivity index (χ1) is 8.66. The molecule has 0 spiro atoms. The van der Waals surface area contributed by atoms with Crippen molar-refractivity contribution >= 4 is 5.97 Å². The van der Waals surface area contributed by atoms with E-state index >= 15 is 0 Å². The second kappa shape index (κ2) is 5.36. The normalized spacial score (nSPS) is 12.0. The van der Waals surface area contributed by atoms with Gasteiger partial charge in [0.25, 0.3) is 0 Å². The van der Waals surface area contributed by atoms with Crippen LogP contribution in [0.15, 0.2) is 54.6 Å². The van der Waals surface area contributed by atoms with Crippen molar-refractivity contribution in [3.05, 3.63) is 65.7 Å². The molecule has 0 aliphatic carbocycles. The van der Waals surface area contributed by atoms with Crippen LogP contribution in [0.2, 0.25) is 0 Å². The minimum absolute atomic E-state index is 0.141. The van der Waals surface area contributed by atoms with E-state index in [0.717, 1.165) is 5.56 Å². The smallest absolute Gasteiger partial charge is 0.311 e. The fraction of sp³-hybridized carbons (Fsp3) is 0.133. The zero-order valence-electron chi connectivity index (χ0n) is 9.78. The number of phenolic OH excluding ortho intramolecular Hbond substituents is 1. The van der Waals surface area contributed by atoms with E-state index in [0.29, 0.717) is 12.0 Å². The molecule has 1 atom stereocenters. The van der Waals surface area contributed by atoms with Crippen molar-refractivity contribution in [2.24, 2.45) is 0 Å². The number of rotatable bonds is 4. The third-order valence-corrected chi connectivity index (χ3v) is 2.88. The highest BCUT2D eigenvalue weighted by Crippen LogP contribution is 2.23. The Morgan fingerprint density at radius 1 is 1.00 bits per heavy atom. The second-order valence-corrected chi connectivity index (χ2v) is 4.17. The Labute approximate surface area is 105 Å². The molecule has 0 saturated heterocycles. The third kappa shape index (κ3) is 2.88. The van der Waals surface area contributed by atoms with Crippen molar-refractivity contribution in [3.8, 4) is 5.75 Å². The summed E-state index contributed by atoms with van der Waals surface area (Å²) in [6.45, 7) is 0. The van der Waals surface area contributed by atoms with Gasteiger partial charge in [0.15, 0.2) is 0 Å². The Bertz CT molecular complexity index is 517. The van der Waals surface area contributed by atoms with Crippen LogP contribution >= 0.6 is 0 Å². The number of aliphatic carboxylic acids is 1. The number of hydrogen-bond acceptors (Lipinski definition) is 2. The molecule has 2 aromatic rings. The number of carbonyl (C=O) groups is 1. The standard InChI is InChI=1S/C15H14O3/c16-13-8-6-12(7-9-13)14(15(17)18)10-11-4-2-1-3-5-11/h1-9,14,16H,10H2,(H,17,18)/t14-/m0/s1. The molecule has 0 aromatic heterocycles. The fourth-order valence-electron chi connectivity index (χ4n) is 1.90. The summed E-state index contributed by atoms with van der Waals surface area (Å²) < 4.78 is 0. The molecule has 2 rings (SSSR count). The van der Waals surface area contributed by atoms with Crippen LogP contribution in [0, 0.1) is 0 Å². The summed E-state index contributed by atoms with van der Waals surface area (Å²) in [5, 5.41) is 18.5. The van der Waals surface area contributed by atoms with Gasteiger partial charge in [-0.25, -0.2) is 0 Å². The van der Waals surface area contributed by atoms with Crippen LogP contribution in [-0.2, 0) is 11.2 Å². The van der Waals surface area contributed by atoms with Gasteiger partial charge in [-0.2, -0.15) is 0 Å². The first kappa shape index (κ1) is 12.2. The predicted molar refractivity (Wildman–Crippen MR) is 68.6 cm³/mol. The lowest BCUT2D eigenvalue weighted by Crippen LogP contribution is -2.14. The molecule has 0 heterocycles. The minimum Gasteiger partial charge on any atom is -0.508 e. The zero-order valence-corrected chi connectivity index (χ0v) is 9.78. The van der Waals surface area contributed by atoms with Crippen molar-refractivity contribution in [1.29, 1.82) is 0 Å². The molecule has 3 nitrogen and oxygen atoms in total. The van der Waals surface area contributed by atoms with Crippen LogP contribution in [0.1, 0.15) is 17.0 Å². The summed E-state index contributed by atoms with van der Waals surface area (Å²) in [4.78, 5) is 11.3. The Hall–Kier alpha value is -2.29. The summed E-state index contributed by atoms with van der Waals surface area (Å²) >= 11 is 0. The first-order valence-corrected chi connectivity index (χ1v) is 5.72. The fourth-order valence-corrected chi connectivity index (χ4v) is 1.90. The van der Waals surface area contributed by atoms with Gasteiger partial charge in [-0.1, -0.05) is 42.5 Å². The predicted octanol–water partition coefficient (Wildman–Crippen LogP) is 2.80. The highest BCUT2D eigenvalue weighted by Gasteiger charge is 2.20. The molecule has 0 bridgehead atoms. The maximum Gasteiger partial charge on any atom is 0.311 e. The SMILES string of the molecule is O=C(O)[C@@H](Cc1ccccc1)c1ccc(O)cc1. The van der Waals surface area contributed by atoms with Crippen molar-refractivity contribution in [3.63, 3.8) is 0 Å². The van der Waals surface area contributed by atoms with Gasteiger partial charge in [-0.15, -0.1) is 0 Å². The maximum absolute atomic E-state index is 11.3. The molecular weight excluding hydrogens is 228 g/mol. The molecule has 0 unspecified atom stereocenters. The Kier molecular flexibility index (Phi) is 3.63. The van der Waals surface area contributed by atoms with Gasteiger partial charge in [0.05, 0.1) is 5.92 Å². The summed E-state index contributed by atoms with van der Waals surface area (Å²) in [5.74, 6) is -1.31. The van der Waals surface area contributed by atoms with Crippen molar-refractivity contribution < 1.29 is 15.0 Å². The van der Waals surface area contributed by atoms with Crippen molar-refractivity contribution in [2.75, 3.05) is 0 Å². The maximum atomic E-state index is 11.3. The van der Waals surface area contributed by atoms with E-state index in [1.807, 2.05) is 30.3 Å². The molecule has 92 valence electrons. The van der Waals surface area contributed by atoms with Crippen LogP contribution < -0.4 is 0 Å². The topological polar surface area (TPSA) is 57.5 Å². The molecule has 18 heavy (non-hydrogen) atoms. The summed E-state index contributed by atoms with van der Waals surface area (Å²) in [7, 11) is 0. The molecule has 0 aliphatic heterocycles. The number of hydrogen-bond donors (Lipinski definition) is 2. The monoisotopic (exact) mass is 242 g/mol. The number of carboxylic acids is 1. The van der Waals surface area contributed by atoms with Gasteiger partial charge in [0.2, 0.25) is 0 Å². The van der Waals surface area contributed by atoms with Gasteiger partial charge in [0.1, 0.15) is 5.75 Å². The largest absolute Gasteiger partial charge is 0.508 e. The summed E-state index contributed by atoms with van der Waals surface area (Å²) in [6.07, 6.45) is 0.445. The van der Waals surface area contributed by atoms with E-state index in [9.17, 15) is 15.0 Å². The molecule has 2 N–H and O–H groups in total. The van der Waals surface area contributed by atoms with Gasteiger partial charge >= 0.3 is 5.97 Å². The molecule has 0 aliphatic rings. The number of phenols is 1. The van der Waals surface area contributed by atoms with Crippen molar-refractivity contribution in [2.45, 2.75) is 12.3 Å². The van der Waals surface area contributed by atoms with Crippen LogP contribution in [0.25, 0.3) is 0 Å². The third-order valence-electron chi connectivity index (χ3n) is 2.88. The molecule has 0 amide bonds. The number of benzene rings is 2. The number of aromatic hydroxyl groups is 1. The summed E-state index contributed by atoms with van der Waals surface area (Å²) in [6, 6.07) is 15.8. The number of carboxylic acid groups (broad SMARTS) is 1.